The van der Waals surface area contributed by atoms with E-state index in [9.17, 15) is 0 Å². The molecule has 0 radical (unpaired) electrons. The van der Waals surface area contributed by atoms with Crippen LogP contribution in [0.2, 0.25) is 0 Å². The van der Waals surface area contributed by atoms with Gasteiger partial charge in [-0.1, -0.05) is 11.6 Å². The van der Waals surface area contributed by atoms with Crippen LogP contribution in [0.25, 0.3) is 0 Å². The number of ether oxygens (including phenoxy) is 1. The Morgan fingerprint density at radius 2 is 2.33 bits per heavy atom. The lowest BCUT2D eigenvalue weighted by Crippen LogP contribution is -2.11. The van der Waals surface area contributed by atoms with Crippen LogP contribution in [0.1, 0.15) is 25.7 Å². The average molecular weight is 187 g/mol. The van der Waals surface area contributed by atoms with E-state index in [2.05, 4.69) is 6.08 Å². The maximum Gasteiger partial charge on any atom is 0.0532 e. The first-order valence-corrected chi connectivity index (χ1v) is 5.22. The zero-order valence-corrected chi connectivity index (χ0v) is 8.02. The van der Waals surface area contributed by atoms with Crippen molar-refractivity contribution in [3.63, 3.8) is 0 Å². The van der Waals surface area contributed by atoms with Crippen molar-refractivity contribution < 1.29 is 4.74 Å². The van der Waals surface area contributed by atoms with Crippen molar-refractivity contribution in [1.82, 2.24) is 0 Å². The number of halogens is 1. The summed E-state index contributed by atoms with van der Waals surface area (Å²) in [6.45, 7) is 1.87. The highest BCUT2D eigenvalue weighted by molar-refractivity contribution is 6.21. The highest BCUT2D eigenvalue weighted by Gasteiger charge is 2.22. The van der Waals surface area contributed by atoms with Crippen molar-refractivity contribution in [2.75, 3.05) is 13.2 Å². The Balaban J connectivity index is 2.01. The van der Waals surface area contributed by atoms with Gasteiger partial charge in [0, 0.05) is 12.5 Å². The smallest absolute Gasteiger partial charge is 0.0532 e. The minimum atomic E-state index is 0.286. The summed E-state index contributed by atoms with van der Waals surface area (Å²) < 4.78 is 5.36. The molecule has 1 aliphatic heterocycles. The van der Waals surface area contributed by atoms with E-state index in [4.69, 9.17) is 16.3 Å². The molecule has 2 unspecified atom stereocenters. The van der Waals surface area contributed by atoms with Gasteiger partial charge in [0.15, 0.2) is 0 Å². The molecule has 0 N–H and O–H groups in total. The van der Waals surface area contributed by atoms with Crippen LogP contribution in [-0.2, 0) is 4.74 Å². The molecule has 0 saturated carbocycles. The molecule has 1 nitrogen and oxygen atoms in total. The van der Waals surface area contributed by atoms with Crippen molar-refractivity contribution >= 4 is 11.6 Å². The van der Waals surface area contributed by atoms with E-state index in [1.807, 2.05) is 0 Å². The number of alkyl halides is 1. The van der Waals surface area contributed by atoms with Crippen molar-refractivity contribution in [2.45, 2.75) is 31.1 Å². The van der Waals surface area contributed by atoms with E-state index in [1.54, 1.807) is 5.57 Å². The van der Waals surface area contributed by atoms with E-state index in [0.29, 0.717) is 5.92 Å². The van der Waals surface area contributed by atoms with Crippen LogP contribution in [0, 0.1) is 5.92 Å². The van der Waals surface area contributed by atoms with Gasteiger partial charge in [0.05, 0.1) is 12.0 Å². The molecule has 0 amide bonds. The maximum atomic E-state index is 6.07. The fraction of sp³-hybridized carbons (Fsp3) is 0.800. The van der Waals surface area contributed by atoms with E-state index in [1.165, 1.54) is 19.3 Å². The van der Waals surface area contributed by atoms with Crippen molar-refractivity contribution in [1.29, 1.82) is 0 Å². The Kier molecular flexibility index (Phi) is 2.72. The van der Waals surface area contributed by atoms with Gasteiger partial charge in [0.25, 0.3) is 0 Å². The van der Waals surface area contributed by atoms with Gasteiger partial charge in [0.2, 0.25) is 0 Å². The fourth-order valence-corrected chi connectivity index (χ4v) is 2.38. The molecule has 1 fully saturated rings. The molecular weight excluding hydrogens is 172 g/mol. The molecule has 2 heteroatoms. The summed E-state index contributed by atoms with van der Waals surface area (Å²) in [5.41, 5.74) is 1.55. The molecule has 0 bridgehead atoms. The van der Waals surface area contributed by atoms with E-state index in [0.717, 1.165) is 19.6 Å². The molecule has 2 aliphatic rings. The van der Waals surface area contributed by atoms with Gasteiger partial charge in [-0.05, 0) is 25.7 Å². The molecule has 2 rings (SSSR count). The molecule has 0 aromatic carbocycles. The third-order valence-corrected chi connectivity index (χ3v) is 3.14. The molecule has 0 aromatic heterocycles. The van der Waals surface area contributed by atoms with Crippen LogP contribution in [0.5, 0.6) is 0 Å². The zero-order valence-electron chi connectivity index (χ0n) is 7.26. The van der Waals surface area contributed by atoms with Gasteiger partial charge in [-0.3, -0.25) is 0 Å². The quantitative estimate of drug-likeness (QED) is 0.452. The number of hydrogen-bond donors (Lipinski definition) is 0. The molecule has 68 valence electrons. The summed E-state index contributed by atoms with van der Waals surface area (Å²) in [6, 6.07) is 0. The number of allylic oxidation sites excluding steroid dienone is 1. The number of hydrogen-bond acceptors (Lipinski definition) is 1. The van der Waals surface area contributed by atoms with Gasteiger partial charge in [-0.15, -0.1) is 11.6 Å². The molecule has 2 atom stereocenters. The van der Waals surface area contributed by atoms with Gasteiger partial charge < -0.3 is 4.74 Å². The number of rotatable bonds is 1. The first-order chi connectivity index (χ1) is 5.86. The fourth-order valence-electron chi connectivity index (χ4n) is 2.07. The lowest BCUT2D eigenvalue weighted by molar-refractivity contribution is 0.189. The molecule has 1 aliphatic carbocycles. The van der Waals surface area contributed by atoms with Gasteiger partial charge in [-0.25, -0.2) is 0 Å². The Morgan fingerprint density at radius 3 is 3.00 bits per heavy atom. The largest absolute Gasteiger partial charge is 0.381 e. The molecular formula is C10H15ClO. The summed E-state index contributed by atoms with van der Waals surface area (Å²) in [6.07, 6.45) is 7.12. The topological polar surface area (TPSA) is 9.23 Å². The van der Waals surface area contributed by atoms with Crippen LogP contribution in [-0.4, -0.2) is 18.6 Å². The summed E-state index contributed by atoms with van der Waals surface area (Å²) in [5.74, 6) is 0.687. The minimum Gasteiger partial charge on any atom is -0.381 e. The standard InChI is InChI=1S/C10H15ClO/c11-10-3-1-2-8(6-10)9-4-5-12-7-9/h6,9-10H,1-5,7H2. The van der Waals surface area contributed by atoms with Crippen molar-refractivity contribution in [2.24, 2.45) is 5.92 Å². The Labute approximate surface area is 78.7 Å². The van der Waals surface area contributed by atoms with Crippen LogP contribution < -0.4 is 0 Å². The van der Waals surface area contributed by atoms with Crippen molar-refractivity contribution in [3.05, 3.63) is 11.6 Å². The molecule has 0 aromatic rings. The van der Waals surface area contributed by atoms with Gasteiger partial charge >= 0.3 is 0 Å². The third-order valence-electron chi connectivity index (χ3n) is 2.79. The lowest BCUT2D eigenvalue weighted by Gasteiger charge is -2.20. The Bertz CT molecular complexity index is 182. The average Bonchev–Trinajstić information content (AvgIpc) is 2.56. The van der Waals surface area contributed by atoms with Crippen LogP contribution in [0.3, 0.4) is 0 Å². The second kappa shape index (κ2) is 3.80. The highest BCUT2D eigenvalue weighted by atomic mass is 35.5. The SMILES string of the molecule is ClC1C=C(C2CCOC2)CCC1. The van der Waals surface area contributed by atoms with E-state index in [-0.39, 0.29) is 5.38 Å². The van der Waals surface area contributed by atoms with Crippen molar-refractivity contribution in [3.8, 4) is 0 Å². The zero-order chi connectivity index (χ0) is 8.39. The molecule has 1 heterocycles. The molecule has 0 spiro atoms. The predicted octanol–water partition coefficient (Wildman–Crippen LogP) is 2.74. The molecule has 1 saturated heterocycles. The minimum absolute atomic E-state index is 0.286. The second-order valence-corrected chi connectivity index (χ2v) is 4.27. The summed E-state index contributed by atoms with van der Waals surface area (Å²) in [7, 11) is 0. The van der Waals surface area contributed by atoms with Crippen LogP contribution >= 0.6 is 11.6 Å². The van der Waals surface area contributed by atoms with Gasteiger partial charge in [-0.2, -0.15) is 0 Å². The Morgan fingerprint density at radius 1 is 1.42 bits per heavy atom. The van der Waals surface area contributed by atoms with Crippen LogP contribution in [0.4, 0.5) is 0 Å². The monoisotopic (exact) mass is 186 g/mol. The van der Waals surface area contributed by atoms with E-state index < -0.39 is 0 Å². The first-order valence-electron chi connectivity index (χ1n) is 4.78. The normalized spacial score (nSPS) is 36.6. The lowest BCUT2D eigenvalue weighted by atomic mass is 9.89. The third kappa shape index (κ3) is 1.83. The maximum absolute atomic E-state index is 6.07. The summed E-state index contributed by atoms with van der Waals surface area (Å²) >= 11 is 6.07. The van der Waals surface area contributed by atoms with Crippen LogP contribution in [0.15, 0.2) is 11.6 Å². The second-order valence-electron chi connectivity index (χ2n) is 3.71. The summed E-state index contributed by atoms with van der Waals surface area (Å²) in [5, 5.41) is 0.286. The predicted molar refractivity (Wildman–Crippen MR) is 50.5 cm³/mol. The first kappa shape index (κ1) is 8.58. The Hall–Kier alpha value is -0.0100. The highest BCUT2D eigenvalue weighted by Crippen LogP contribution is 2.31. The summed E-state index contributed by atoms with van der Waals surface area (Å²) in [4.78, 5) is 0. The van der Waals surface area contributed by atoms with Gasteiger partial charge in [0.1, 0.15) is 0 Å². The van der Waals surface area contributed by atoms with E-state index >= 15 is 0 Å². The molecule has 12 heavy (non-hydrogen) atoms.